The Hall–Kier alpha value is -1.97. The molecule has 2 aliphatic rings. The van der Waals surface area contributed by atoms with Crippen LogP contribution in [0.1, 0.15) is 51.7 Å². The van der Waals surface area contributed by atoms with Crippen molar-refractivity contribution in [3.63, 3.8) is 0 Å². The van der Waals surface area contributed by atoms with E-state index >= 15 is 0 Å². The molecule has 144 valence electrons. The summed E-state index contributed by atoms with van der Waals surface area (Å²) in [6.07, 6.45) is 5.30. The Bertz CT molecular complexity index is 687. The standard InChI is InChI=1S/C17H25N3O6/c1-2-10-25-17(7-3-8-17)15(21)24-11-12-4-5-14(26-12)20-9-6-13(19-23)18-16(20)22/h6,9,12,14,23H,2-5,7-8,10-11H2,1H3,(H,18,19,22)/t12-,14+/m0/s1. The van der Waals surface area contributed by atoms with Gasteiger partial charge in [0.2, 0.25) is 0 Å². The first-order valence-electron chi connectivity index (χ1n) is 9.04. The molecule has 26 heavy (non-hydrogen) atoms. The van der Waals surface area contributed by atoms with Gasteiger partial charge in [-0.3, -0.25) is 15.3 Å². The molecule has 0 radical (unpaired) electrons. The van der Waals surface area contributed by atoms with Crippen molar-refractivity contribution in [2.75, 3.05) is 18.7 Å². The minimum absolute atomic E-state index is 0.0765. The average Bonchev–Trinajstić information content (AvgIpc) is 3.07. The Morgan fingerprint density at radius 3 is 2.92 bits per heavy atom. The fourth-order valence-corrected chi connectivity index (χ4v) is 3.21. The van der Waals surface area contributed by atoms with Crippen molar-refractivity contribution in [1.29, 1.82) is 0 Å². The quantitative estimate of drug-likeness (QED) is 0.526. The molecule has 0 bridgehead atoms. The molecule has 0 amide bonds. The third-order valence-corrected chi connectivity index (χ3v) is 4.86. The lowest BCUT2D eigenvalue weighted by molar-refractivity contribution is -0.189. The van der Waals surface area contributed by atoms with Crippen molar-refractivity contribution in [2.45, 2.75) is 63.4 Å². The number of carbonyl (C=O) groups excluding carboxylic acids is 1. The monoisotopic (exact) mass is 367 g/mol. The number of aromatic nitrogens is 2. The van der Waals surface area contributed by atoms with Crippen LogP contribution in [0.3, 0.4) is 0 Å². The zero-order chi connectivity index (χ0) is 18.6. The van der Waals surface area contributed by atoms with Crippen molar-refractivity contribution < 1.29 is 24.2 Å². The summed E-state index contributed by atoms with van der Waals surface area (Å²) in [6, 6.07) is 1.48. The fraction of sp³-hybridized carbons (Fsp3) is 0.706. The highest BCUT2D eigenvalue weighted by atomic mass is 16.6. The second-order valence-electron chi connectivity index (χ2n) is 6.70. The van der Waals surface area contributed by atoms with E-state index in [1.807, 2.05) is 12.4 Å². The predicted octanol–water partition coefficient (Wildman–Crippen LogP) is 1.61. The molecule has 1 aromatic rings. The third kappa shape index (κ3) is 3.89. The molecule has 2 N–H and O–H groups in total. The minimum Gasteiger partial charge on any atom is -0.461 e. The third-order valence-electron chi connectivity index (χ3n) is 4.86. The van der Waals surface area contributed by atoms with Crippen LogP contribution in [0, 0.1) is 0 Å². The zero-order valence-electron chi connectivity index (χ0n) is 14.8. The van der Waals surface area contributed by atoms with Gasteiger partial charge in [-0.15, -0.1) is 0 Å². The highest BCUT2D eigenvalue weighted by molar-refractivity contribution is 5.80. The second-order valence-corrected chi connectivity index (χ2v) is 6.70. The van der Waals surface area contributed by atoms with E-state index in [9.17, 15) is 9.59 Å². The molecule has 1 aliphatic heterocycles. The van der Waals surface area contributed by atoms with E-state index in [4.69, 9.17) is 19.4 Å². The molecule has 1 saturated heterocycles. The maximum absolute atomic E-state index is 12.4. The number of ether oxygens (including phenoxy) is 3. The molecule has 3 rings (SSSR count). The SMILES string of the molecule is CCCOC1(C(=O)OC[C@@H]2CC[C@H](n3ccc(NO)nc3=O)O2)CCC1. The minimum atomic E-state index is -0.776. The van der Waals surface area contributed by atoms with Crippen LogP contribution in [0.5, 0.6) is 0 Å². The number of rotatable bonds is 8. The number of carbonyl (C=O) groups is 1. The van der Waals surface area contributed by atoms with E-state index in [0.29, 0.717) is 32.3 Å². The van der Waals surface area contributed by atoms with E-state index in [2.05, 4.69) is 4.98 Å². The Morgan fingerprint density at radius 2 is 2.31 bits per heavy atom. The summed E-state index contributed by atoms with van der Waals surface area (Å²) < 4.78 is 18.4. The lowest BCUT2D eigenvalue weighted by Crippen LogP contribution is -2.49. The van der Waals surface area contributed by atoms with Gasteiger partial charge >= 0.3 is 11.7 Å². The van der Waals surface area contributed by atoms with Crippen LogP contribution in [0.25, 0.3) is 0 Å². The van der Waals surface area contributed by atoms with E-state index in [0.717, 1.165) is 12.8 Å². The first kappa shape index (κ1) is 18.8. The first-order chi connectivity index (χ1) is 12.6. The van der Waals surface area contributed by atoms with Crippen LogP contribution in [0.15, 0.2) is 17.1 Å². The molecule has 1 aliphatic carbocycles. The summed E-state index contributed by atoms with van der Waals surface area (Å²) in [5.41, 5.74) is 0.536. The maximum Gasteiger partial charge on any atom is 0.351 e. The van der Waals surface area contributed by atoms with Crippen molar-refractivity contribution >= 4 is 11.8 Å². The van der Waals surface area contributed by atoms with Gasteiger partial charge in [0.05, 0.1) is 6.10 Å². The predicted molar refractivity (Wildman–Crippen MR) is 90.8 cm³/mol. The van der Waals surface area contributed by atoms with Gasteiger partial charge in [0.25, 0.3) is 0 Å². The summed E-state index contributed by atoms with van der Waals surface area (Å²) in [5.74, 6) is -0.242. The van der Waals surface area contributed by atoms with Gasteiger partial charge in [0.1, 0.15) is 12.8 Å². The van der Waals surface area contributed by atoms with Gasteiger partial charge in [-0.25, -0.2) is 9.59 Å². The maximum atomic E-state index is 12.4. The van der Waals surface area contributed by atoms with E-state index in [1.165, 1.54) is 16.8 Å². The Morgan fingerprint density at radius 1 is 1.50 bits per heavy atom. The number of esters is 1. The summed E-state index contributed by atoms with van der Waals surface area (Å²) in [6.45, 7) is 2.70. The molecular formula is C17H25N3O6. The van der Waals surface area contributed by atoms with Gasteiger partial charge in [0, 0.05) is 12.8 Å². The normalized spacial score (nSPS) is 24.1. The van der Waals surface area contributed by atoms with Gasteiger partial charge in [-0.2, -0.15) is 4.98 Å². The topological polar surface area (TPSA) is 112 Å². The van der Waals surface area contributed by atoms with Gasteiger partial charge in [0.15, 0.2) is 11.4 Å². The Labute approximate surface area is 151 Å². The van der Waals surface area contributed by atoms with Gasteiger partial charge < -0.3 is 14.2 Å². The van der Waals surface area contributed by atoms with Crippen LogP contribution in [-0.4, -0.2) is 45.6 Å². The van der Waals surface area contributed by atoms with Crippen molar-refractivity contribution in [2.24, 2.45) is 0 Å². The van der Waals surface area contributed by atoms with E-state index in [-0.39, 0.29) is 24.5 Å². The smallest absolute Gasteiger partial charge is 0.351 e. The van der Waals surface area contributed by atoms with Crippen LogP contribution < -0.4 is 11.2 Å². The fourth-order valence-electron chi connectivity index (χ4n) is 3.21. The van der Waals surface area contributed by atoms with Crippen molar-refractivity contribution in [3.05, 3.63) is 22.7 Å². The highest BCUT2D eigenvalue weighted by Gasteiger charge is 2.47. The van der Waals surface area contributed by atoms with Crippen LogP contribution >= 0.6 is 0 Å². The first-order valence-corrected chi connectivity index (χ1v) is 9.04. The molecule has 9 heteroatoms. The molecule has 1 aromatic heterocycles. The Balaban J connectivity index is 1.52. The molecule has 0 aromatic carbocycles. The summed E-state index contributed by atoms with van der Waals surface area (Å²) in [5, 5.41) is 8.78. The molecule has 0 unspecified atom stereocenters. The van der Waals surface area contributed by atoms with Gasteiger partial charge in [-0.1, -0.05) is 6.92 Å². The number of anilines is 1. The largest absolute Gasteiger partial charge is 0.461 e. The van der Waals surface area contributed by atoms with Crippen LogP contribution in [0.2, 0.25) is 0 Å². The summed E-state index contributed by atoms with van der Waals surface area (Å²) >= 11 is 0. The summed E-state index contributed by atoms with van der Waals surface area (Å²) in [4.78, 5) is 28.0. The molecule has 2 atom stereocenters. The number of hydrogen-bond acceptors (Lipinski definition) is 8. The lowest BCUT2D eigenvalue weighted by Gasteiger charge is -2.39. The molecule has 1 saturated carbocycles. The van der Waals surface area contributed by atoms with Crippen molar-refractivity contribution in [3.8, 4) is 0 Å². The second kappa shape index (κ2) is 8.15. The van der Waals surface area contributed by atoms with Gasteiger partial charge in [-0.05, 0) is 44.6 Å². The van der Waals surface area contributed by atoms with Crippen molar-refractivity contribution in [1.82, 2.24) is 9.55 Å². The average molecular weight is 367 g/mol. The van der Waals surface area contributed by atoms with Crippen LogP contribution in [0.4, 0.5) is 5.82 Å². The molecule has 2 heterocycles. The summed E-state index contributed by atoms with van der Waals surface area (Å²) in [7, 11) is 0. The highest BCUT2D eigenvalue weighted by Crippen LogP contribution is 2.37. The van der Waals surface area contributed by atoms with Crippen LogP contribution in [-0.2, 0) is 19.0 Å². The van der Waals surface area contributed by atoms with E-state index < -0.39 is 17.5 Å². The molecule has 0 spiro atoms. The molecule has 9 nitrogen and oxygen atoms in total. The molecule has 2 fully saturated rings. The lowest BCUT2D eigenvalue weighted by atomic mass is 9.80. The zero-order valence-corrected chi connectivity index (χ0v) is 14.8. The Kier molecular flexibility index (Phi) is 5.90. The number of nitrogens with one attached hydrogen (secondary N) is 1. The number of nitrogens with zero attached hydrogens (tertiary/aromatic N) is 2. The number of hydrogen-bond donors (Lipinski definition) is 2. The molecular weight excluding hydrogens is 342 g/mol. The van der Waals surface area contributed by atoms with E-state index in [1.54, 1.807) is 0 Å².